The Balaban J connectivity index is 0.000000194. The van der Waals surface area contributed by atoms with Crippen LogP contribution in [0.15, 0.2) is 70.3 Å². The summed E-state index contributed by atoms with van der Waals surface area (Å²) in [5.41, 5.74) is 8.09. The van der Waals surface area contributed by atoms with E-state index in [4.69, 9.17) is 9.47 Å². The van der Waals surface area contributed by atoms with Gasteiger partial charge in [-0.1, -0.05) is 55.7 Å². The van der Waals surface area contributed by atoms with Crippen LogP contribution in [0.4, 0.5) is 0 Å². The standard InChI is InChI=1S/C27H35N3O3.C27H34N2O3/c1-17-16-25(33-5)22(27(32)28-17)10-11-24(31)26-19(3)30(23-9-7-6-8-21(23)26)18(2)20-12-14-29(4)15-13-20;1-17-16-25(32-4)22(27(31)28-17)14-15-24(30)26-19(3)29(23-13-9-8-12-21(23)26)18(2)20-10-6-5-7-11-20/h6-9,16,18,20H,10-15H2,1-5H3,(H,28,32);8-9,12-13,16,18,20H,5-7,10-11,14-15H2,1-4H3,(H,28,31)/t2*18-/m11/s1. The number of fused-ring (bicyclic) bond motifs is 2. The smallest absolute Gasteiger partial charge is 0.255 e. The van der Waals surface area contributed by atoms with E-state index in [1.54, 1.807) is 14.2 Å². The molecule has 0 unspecified atom stereocenters. The zero-order chi connectivity index (χ0) is 46.5. The number of carbonyl (C=O) groups is 2. The lowest BCUT2D eigenvalue weighted by atomic mass is 9.84. The number of nitrogens with one attached hydrogen (secondary N) is 2. The average Bonchev–Trinajstić information content (AvgIpc) is 3.77. The van der Waals surface area contributed by atoms with Gasteiger partial charge in [0.1, 0.15) is 11.5 Å². The van der Waals surface area contributed by atoms with Crippen LogP contribution in [0.25, 0.3) is 21.8 Å². The van der Waals surface area contributed by atoms with Crippen molar-refractivity contribution in [2.45, 2.75) is 124 Å². The normalized spacial score (nSPS) is 16.0. The van der Waals surface area contributed by atoms with E-state index >= 15 is 0 Å². The SMILES string of the molecule is COc1cc(C)[nH]c(=O)c1CCC(=O)c1c(C)n([C@H](C)C2CCCCC2)c2ccccc12.COc1cc(C)[nH]c(=O)c1CCC(=O)c1c(C)n([C@H](C)C2CCN(C)CC2)c2ccccc12. The molecule has 2 N–H and O–H groups in total. The molecule has 0 bridgehead atoms. The predicted octanol–water partition coefficient (Wildman–Crippen LogP) is 10.6. The number of hydrogen-bond acceptors (Lipinski definition) is 7. The molecule has 2 aromatic carbocycles. The maximum atomic E-state index is 13.5. The van der Waals surface area contributed by atoms with Gasteiger partial charge in [0.2, 0.25) is 0 Å². The molecule has 0 amide bonds. The Morgan fingerprint density at radius 2 is 1.03 bits per heavy atom. The van der Waals surface area contributed by atoms with Gasteiger partial charge in [-0.2, -0.15) is 0 Å². The summed E-state index contributed by atoms with van der Waals surface area (Å²) in [4.78, 5) is 60.0. The fraction of sp³-hybridized carbons (Fsp3) is 0.481. The third kappa shape index (κ3) is 9.95. The van der Waals surface area contributed by atoms with Crippen LogP contribution in [0.1, 0.15) is 138 Å². The van der Waals surface area contributed by atoms with Gasteiger partial charge in [0.15, 0.2) is 11.6 Å². The van der Waals surface area contributed by atoms with Crippen LogP contribution >= 0.6 is 0 Å². The van der Waals surface area contributed by atoms with E-state index in [9.17, 15) is 19.2 Å². The van der Waals surface area contributed by atoms with Crippen molar-refractivity contribution in [1.29, 1.82) is 0 Å². The molecule has 11 nitrogen and oxygen atoms in total. The first kappa shape index (κ1) is 47.3. The molecule has 6 aromatic rings. The number of hydrogen-bond donors (Lipinski definition) is 2. The second kappa shape index (κ2) is 20.7. The lowest BCUT2D eigenvalue weighted by Gasteiger charge is -2.34. The lowest BCUT2D eigenvalue weighted by molar-refractivity contribution is 0.0974. The van der Waals surface area contributed by atoms with Crippen molar-refractivity contribution in [2.75, 3.05) is 34.4 Å². The van der Waals surface area contributed by atoms with Crippen LogP contribution in [0.3, 0.4) is 0 Å². The van der Waals surface area contributed by atoms with Crippen LogP contribution in [0.5, 0.6) is 11.5 Å². The number of pyridine rings is 2. The molecule has 4 aromatic heterocycles. The number of para-hydroxylation sites is 2. The van der Waals surface area contributed by atoms with E-state index in [1.807, 2.05) is 50.2 Å². The number of ether oxygens (including phenoxy) is 2. The molecular formula is C54H69N5O6. The van der Waals surface area contributed by atoms with Gasteiger partial charge >= 0.3 is 0 Å². The number of benzene rings is 2. The largest absolute Gasteiger partial charge is 0.496 e. The zero-order valence-corrected chi connectivity index (χ0v) is 40.1. The highest BCUT2D eigenvalue weighted by atomic mass is 16.5. The first-order valence-electron chi connectivity index (χ1n) is 23.7. The molecule has 65 heavy (non-hydrogen) atoms. The molecule has 1 aliphatic heterocycles. The molecule has 2 fully saturated rings. The van der Waals surface area contributed by atoms with Gasteiger partial charge in [0.25, 0.3) is 11.1 Å². The molecule has 2 aliphatic rings. The van der Waals surface area contributed by atoms with Crippen molar-refractivity contribution >= 4 is 33.4 Å². The number of aromatic nitrogens is 4. The average molecular weight is 884 g/mol. The molecule has 11 heteroatoms. The maximum Gasteiger partial charge on any atom is 0.255 e. The summed E-state index contributed by atoms with van der Waals surface area (Å²) < 4.78 is 15.6. The number of likely N-dealkylation sites (tertiary alicyclic amines) is 1. The minimum Gasteiger partial charge on any atom is -0.496 e. The van der Waals surface area contributed by atoms with E-state index in [2.05, 4.69) is 83.0 Å². The minimum absolute atomic E-state index is 0.0695. The number of methoxy groups -OCH3 is 2. The van der Waals surface area contributed by atoms with Crippen molar-refractivity contribution in [3.63, 3.8) is 0 Å². The van der Waals surface area contributed by atoms with Crippen molar-refractivity contribution in [3.8, 4) is 11.5 Å². The number of nitrogens with zero attached hydrogens (tertiary/aromatic N) is 3. The zero-order valence-electron chi connectivity index (χ0n) is 40.1. The van der Waals surface area contributed by atoms with Gasteiger partial charge in [-0.3, -0.25) is 19.2 Å². The molecule has 346 valence electrons. The summed E-state index contributed by atoms with van der Waals surface area (Å²) in [6, 6.07) is 20.8. The maximum absolute atomic E-state index is 13.5. The number of Topliss-reactive ketones (excluding diaryl/α,β-unsaturated/α-hetero) is 2. The monoisotopic (exact) mass is 884 g/mol. The van der Waals surface area contributed by atoms with Gasteiger partial charge in [-0.25, -0.2) is 0 Å². The number of piperidine rings is 1. The van der Waals surface area contributed by atoms with Crippen LogP contribution in [-0.4, -0.2) is 69.9 Å². The topological polar surface area (TPSA) is 131 Å². The number of ketones is 2. The minimum atomic E-state index is -0.185. The quantitative estimate of drug-likeness (QED) is 0.104. The van der Waals surface area contributed by atoms with E-state index in [0.29, 0.717) is 59.4 Å². The Morgan fingerprint density at radius 1 is 0.631 bits per heavy atom. The van der Waals surface area contributed by atoms with Gasteiger partial charge < -0.3 is 33.5 Å². The number of aromatic amines is 2. The predicted molar refractivity (Wildman–Crippen MR) is 262 cm³/mol. The third-order valence-corrected chi connectivity index (χ3v) is 14.6. The number of rotatable bonds is 14. The molecule has 0 spiro atoms. The van der Waals surface area contributed by atoms with Gasteiger partial charge in [-0.05, 0) is 136 Å². The van der Waals surface area contributed by atoms with Crippen LogP contribution in [0, 0.1) is 39.5 Å². The van der Waals surface area contributed by atoms with Crippen molar-refractivity contribution < 1.29 is 19.1 Å². The van der Waals surface area contributed by atoms with Crippen molar-refractivity contribution in [2.24, 2.45) is 11.8 Å². The van der Waals surface area contributed by atoms with E-state index in [-0.39, 0.29) is 35.5 Å². The number of H-pyrrole nitrogens is 2. The van der Waals surface area contributed by atoms with Gasteiger partial charge in [0.05, 0.1) is 25.3 Å². The number of aryl methyl sites for hydroxylation is 2. The molecule has 1 saturated carbocycles. The first-order valence-corrected chi connectivity index (χ1v) is 23.7. The van der Waals surface area contributed by atoms with E-state index in [0.717, 1.165) is 68.8 Å². The summed E-state index contributed by atoms with van der Waals surface area (Å²) in [5.74, 6) is 2.48. The molecule has 5 heterocycles. The van der Waals surface area contributed by atoms with Crippen LogP contribution < -0.4 is 20.6 Å². The van der Waals surface area contributed by atoms with Gasteiger partial charge in [-0.15, -0.1) is 0 Å². The highest BCUT2D eigenvalue weighted by Crippen LogP contribution is 2.39. The second-order valence-electron chi connectivity index (χ2n) is 18.7. The fourth-order valence-electron chi connectivity index (χ4n) is 11.0. The summed E-state index contributed by atoms with van der Waals surface area (Å²) >= 11 is 0. The Morgan fingerprint density at radius 3 is 1.45 bits per heavy atom. The Hall–Kier alpha value is -5.68. The molecule has 0 radical (unpaired) electrons. The van der Waals surface area contributed by atoms with Crippen LogP contribution in [0.2, 0.25) is 0 Å². The van der Waals surface area contributed by atoms with Crippen LogP contribution in [-0.2, 0) is 12.8 Å². The molecular weight excluding hydrogens is 815 g/mol. The van der Waals surface area contributed by atoms with Crippen molar-refractivity contribution in [3.05, 3.63) is 126 Å². The third-order valence-electron chi connectivity index (χ3n) is 14.6. The Labute approximate surface area is 383 Å². The molecule has 8 rings (SSSR count). The lowest BCUT2D eigenvalue weighted by Crippen LogP contribution is -2.33. The fourth-order valence-corrected chi connectivity index (χ4v) is 11.0. The van der Waals surface area contributed by atoms with Crippen molar-refractivity contribution in [1.82, 2.24) is 24.0 Å². The second-order valence-corrected chi connectivity index (χ2v) is 18.7. The Kier molecular flexibility index (Phi) is 15.0. The highest BCUT2D eigenvalue weighted by molar-refractivity contribution is 6.10. The summed E-state index contributed by atoms with van der Waals surface area (Å²) in [6.07, 6.45) is 10.0. The molecule has 1 saturated heterocycles. The van der Waals surface area contributed by atoms with Gasteiger partial charge in [0, 0.05) is 80.6 Å². The first-order chi connectivity index (χ1) is 31.2. The molecule has 1 aliphatic carbocycles. The highest BCUT2D eigenvalue weighted by Gasteiger charge is 2.30. The molecule has 2 atom stereocenters. The number of carbonyl (C=O) groups excluding carboxylic acids is 2. The Bertz CT molecular complexity index is 2780. The summed E-state index contributed by atoms with van der Waals surface area (Å²) in [6.45, 7) is 14.6. The summed E-state index contributed by atoms with van der Waals surface area (Å²) in [5, 5.41) is 2.02. The summed E-state index contributed by atoms with van der Waals surface area (Å²) in [7, 11) is 5.30. The van der Waals surface area contributed by atoms with E-state index in [1.165, 1.54) is 44.9 Å². The van der Waals surface area contributed by atoms with E-state index < -0.39 is 0 Å².